The van der Waals surface area contributed by atoms with Gasteiger partial charge in [-0.15, -0.1) is 0 Å². The van der Waals surface area contributed by atoms with Crippen LogP contribution in [0.1, 0.15) is 0 Å². The third-order valence-corrected chi connectivity index (χ3v) is 2.28. The van der Waals surface area contributed by atoms with Crippen LogP contribution < -0.4 is 4.74 Å². The van der Waals surface area contributed by atoms with E-state index in [-0.39, 0.29) is 6.01 Å². The van der Waals surface area contributed by atoms with Crippen LogP contribution in [0.15, 0.2) is 54.7 Å². The Morgan fingerprint density at radius 3 is 2.56 bits per heavy atom. The first kappa shape index (κ1) is 10.4. The molecule has 0 saturated heterocycles. The minimum atomic E-state index is 0.278. The molecule has 2 heterocycles. The smallest absolute Gasteiger partial charge is 0.347 e. The summed E-state index contributed by atoms with van der Waals surface area (Å²) in [5.74, 6) is 0.449. The molecule has 6 nitrogen and oxygen atoms in total. The average molecular weight is 239 g/mol. The maximum atomic E-state index is 5.52. The zero-order valence-electron chi connectivity index (χ0n) is 9.34. The zero-order chi connectivity index (χ0) is 12.2. The quantitative estimate of drug-likeness (QED) is 0.697. The lowest BCUT2D eigenvalue weighted by Gasteiger charge is -2.04. The molecule has 0 spiro atoms. The Balaban J connectivity index is 1.93. The van der Waals surface area contributed by atoms with Crippen molar-refractivity contribution in [3.63, 3.8) is 0 Å². The highest BCUT2D eigenvalue weighted by atomic mass is 16.5. The number of tetrazole rings is 1. The molecule has 2 aromatic heterocycles. The molecule has 0 radical (unpaired) electrons. The van der Waals surface area contributed by atoms with Crippen LogP contribution in [-0.4, -0.2) is 25.2 Å². The van der Waals surface area contributed by atoms with Gasteiger partial charge in [-0.05, 0) is 28.6 Å². The number of aromatic nitrogens is 5. The lowest BCUT2D eigenvalue weighted by molar-refractivity contribution is 0.411. The Kier molecular flexibility index (Phi) is 2.67. The zero-order valence-corrected chi connectivity index (χ0v) is 9.34. The van der Waals surface area contributed by atoms with Gasteiger partial charge in [-0.1, -0.05) is 29.4 Å². The number of hydrogen-bond acceptors (Lipinski definition) is 5. The van der Waals surface area contributed by atoms with Crippen LogP contribution in [0, 0.1) is 0 Å². The summed E-state index contributed by atoms with van der Waals surface area (Å²) >= 11 is 0. The number of nitrogens with zero attached hydrogens (tertiary/aromatic N) is 5. The molecule has 0 bridgehead atoms. The van der Waals surface area contributed by atoms with E-state index in [0.29, 0.717) is 5.88 Å². The second kappa shape index (κ2) is 4.62. The normalized spacial score (nSPS) is 10.2. The van der Waals surface area contributed by atoms with Crippen LogP contribution in [0.3, 0.4) is 0 Å². The monoisotopic (exact) mass is 239 g/mol. The molecule has 0 saturated carbocycles. The Labute approximate surface area is 103 Å². The van der Waals surface area contributed by atoms with E-state index < -0.39 is 0 Å². The SMILES string of the molecule is c1ccc(-n2nnnc2Oc2ccccn2)cc1. The van der Waals surface area contributed by atoms with Crippen molar-refractivity contribution in [3.05, 3.63) is 54.7 Å². The van der Waals surface area contributed by atoms with Crippen LogP contribution in [0.5, 0.6) is 11.9 Å². The maximum Gasteiger partial charge on any atom is 0.347 e. The predicted molar refractivity (Wildman–Crippen MR) is 63.5 cm³/mol. The van der Waals surface area contributed by atoms with E-state index in [1.165, 1.54) is 4.68 Å². The molecule has 18 heavy (non-hydrogen) atoms. The summed E-state index contributed by atoms with van der Waals surface area (Å²) in [7, 11) is 0. The minimum absolute atomic E-state index is 0.278. The first-order valence-corrected chi connectivity index (χ1v) is 5.36. The number of rotatable bonds is 3. The first-order valence-electron chi connectivity index (χ1n) is 5.36. The third kappa shape index (κ3) is 2.03. The van der Waals surface area contributed by atoms with E-state index in [0.717, 1.165) is 5.69 Å². The highest BCUT2D eigenvalue weighted by molar-refractivity contribution is 5.32. The van der Waals surface area contributed by atoms with Gasteiger partial charge in [0, 0.05) is 12.3 Å². The van der Waals surface area contributed by atoms with Crippen molar-refractivity contribution < 1.29 is 4.74 Å². The summed E-state index contributed by atoms with van der Waals surface area (Å²) in [6, 6.07) is 15.2. The molecule has 0 atom stereocenters. The van der Waals surface area contributed by atoms with E-state index in [2.05, 4.69) is 20.5 Å². The van der Waals surface area contributed by atoms with Gasteiger partial charge in [0.05, 0.1) is 5.69 Å². The Morgan fingerprint density at radius 2 is 1.78 bits per heavy atom. The first-order chi connectivity index (χ1) is 8.93. The lowest BCUT2D eigenvalue weighted by Crippen LogP contribution is -2.00. The van der Waals surface area contributed by atoms with Crippen molar-refractivity contribution in [1.82, 2.24) is 25.2 Å². The third-order valence-electron chi connectivity index (χ3n) is 2.28. The van der Waals surface area contributed by atoms with E-state index in [9.17, 15) is 0 Å². The summed E-state index contributed by atoms with van der Waals surface area (Å²) in [6.07, 6.45) is 1.64. The van der Waals surface area contributed by atoms with Gasteiger partial charge in [0.25, 0.3) is 0 Å². The molecular formula is C12H9N5O. The Hall–Kier alpha value is -2.76. The molecule has 6 heteroatoms. The Morgan fingerprint density at radius 1 is 0.944 bits per heavy atom. The van der Waals surface area contributed by atoms with Crippen LogP contribution in [0.4, 0.5) is 0 Å². The summed E-state index contributed by atoms with van der Waals surface area (Å²) in [4.78, 5) is 4.06. The number of hydrogen-bond donors (Lipinski definition) is 0. The fourth-order valence-electron chi connectivity index (χ4n) is 1.47. The largest absolute Gasteiger partial charge is 0.404 e. The fourth-order valence-corrected chi connectivity index (χ4v) is 1.47. The summed E-state index contributed by atoms with van der Waals surface area (Å²) < 4.78 is 7.03. The molecule has 3 aromatic rings. The molecule has 3 rings (SSSR count). The van der Waals surface area contributed by atoms with Crippen molar-refractivity contribution in [2.24, 2.45) is 0 Å². The number of pyridine rings is 1. The molecule has 0 aliphatic heterocycles. The van der Waals surface area contributed by atoms with Gasteiger partial charge < -0.3 is 4.74 Å². The molecule has 0 aliphatic rings. The second-order valence-electron chi connectivity index (χ2n) is 3.48. The lowest BCUT2D eigenvalue weighted by atomic mass is 10.3. The van der Waals surface area contributed by atoms with Crippen molar-refractivity contribution >= 4 is 0 Å². The van der Waals surface area contributed by atoms with E-state index in [1.54, 1.807) is 12.3 Å². The van der Waals surface area contributed by atoms with E-state index in [1.807, 2.05) is 42.5 Å². The minimum Gasteiger partial charge on any atom is -0.404 e. The van der Waals surface area contributed by atoms with Crippen molar-refractivity contribution in [1.29, 1.82) is 0 Å². The molecule has 0 fully saturated rings. The van der Waals surface area contributed by atoms with Gasteiger partial charge in [0.15, 0.2) is 0 Å². The number of benzene rings is 1. The van der Waals surface area contributed by atoms with E-state index >= 15 is 0 Å². The highest BCUT2D eigenvalue weighted by Crippen LogP contribution is 2.18. The second-order valence-corrected chi connectivity index (χ2v) is 3.48. The standard InChI is InChI=1S/C12H9N5O/c1-2-6-10(7-3-1)17-12(14-15-16-17)18-11-8-4-5-9-13-11/h1-9H. The van der Waals surface area contributed by atoms with Crippen LogP contribution in [0.25, 0.3) is 5.69 Å². The molecule has 88 valence electrons. The maximum absolute atomic E-state index is 5.52. The molecular weight excluding hydrogens is 230 g/mol. The molecule has 0 amide bonds. The van der Waals surface area contributed by atoms with Gasteiger partial charge in [0.1, 0.15) is 0 Å². The van der Waals surface area contributed by atoms with Crippen LogP contribution in [0.2, 0.25) is 0 Å². The topological polar surface area (TPSA) is 65.7 Å². The predicted octanol–water partition coefficient (Wildman–Crippen LogP) is 1.85. The van der Waals surface area contributed by atoms with Crippen LogP contribution >= 0.6 is 0 Å². The fraction of sp³-hybridized carbons (Fsp3) is 0. The van der Waals surface area contributed by atoms with Crippen molar-refractivity contribution in [2.75, 3.05) is 0 Å². The molecule has 1 aromatic carbocycles. The highest BCUT2D eigenvalue weighted by Gasteiger charge is 2.10. The van der Waals surface area contributed by atoms with Crippen molar-refractivity contribution in [2.45, 2.75) is 0 Å². The average Bonchev–Trinajstić information content (AvgIpc) is 2.89. The number of ether oxygens (including phenoxy) is 1. The molecule has 0 unspecified atom stereocenters. The molecule has 0 N–H and O–H groups in total. The summed E-state index contributed by atoms with van der Waals surface area (Å²) in [5.41, 5.74) is 0.827. The molecule has 0 aliphatic carbocycles. The van der Waals surface area contributed by atoms with Gasteiger partial charge >= 0.3 is 6.01 Å². The van der Waals surface area contributed by atoms with Crippen LogP contribution in [-0.2, 0) is 0 Å². The van der Waals surface area contributed by atoms with Gasteiger partial charge in [-0.3, -0.25) is 0 Å². The van der Waals surface area contributed by atoms with E-state index in [4.69, 9.17) is 4.74 Å². The number of para-hydroxylation sites is 1. The van der Waals surface area contributed by atoms with Gasteiger partial charge in [-0.25, -0.2) is 4.98 Å². The van der Waals surface area contributed by atoms with Gasteiger partial charge in [0.2, 0.25) is 5.88 Å². The van der Waals surface area contributed by atoms with Gasteiger partial charge in [-0.2, -0.15) is 4.68 Å². The van der Waals surface area contributed by atoms with Crippen molar-refractivity contribution in [3.8, 4) is 17.6 Å². The summed E-state index contributed by atoms with van der Waals surface area (Å²) in [5, 5.41) is 11.3. The Bertz CT molecular complexity index is 623. The summed E-state index contributed by atoms with van der Waals surface area (Å²) in [6.45, 7) is 0.